The molecule has 0 amide bonds. The van der Waals surface area contributed by atoms with Gasteiger partial charge in [0.25, 0.3) is 0 Å². The highest BCUT2D eigenvalue weighted by Crippen LogP contribution is 2.32. The predicted molar refractivity (Wildman–Crippen MR) is 115 cm³/mol. The van der Waals surface area contributed by atoms with E-state index < -0.39 is 0 Å². The van der Waals surface area contributed by atoms with Crippen molar-refractivity contribution in [2.45, 2.75) is 25.7 Å². The molecule has 1 aliphatic rings. The lowest BCUT2D eigenvalue weighted by molar-refractivity contribution is 0.232. The van der Waals surface area contributed by atoms with Crippen LogP contribution in [0, 0.1) is 0 Å². The van der Waals surface area contributed by atoms with Crippen molar-refractivity contribution < 1.29 is 0 Å². The Morgan fingerprint density at radius 2 is 1.56 bits per heavy atom. The molecule has 0 spiro atoms. The van der Waals surface area contributed by atoms with Gasteiger partial charge < -0.3 is 9.88 Å². The van der Waals surface area contributed by atoms with Crippen LogP contribution in [0.25, 0.3) is 32.9 Å². The van der Waals surface area contributed by atoms with E-state index in [1.165, 1.54) is 70.8 Å². The van der Waals surface area contributed by atoms with E-state index in [9.17, 15) is 0 Å². The third-order valence-corrected chi connectivity index (χ3v) is 5.98. The fraction of sp³-hybridized carbons (Fsp3) is 0.280. The average Bonchev–Trinajstić information content (AvgIpc) is 3.11. The zero-order valence-electron chi connectivity index (χ0n) is 15.7. The first-order valence-electron chi connectivity index (χ1n) is 10.2. The Hall–Kier alpha value is -2.58. The number of hydrogen-bond donors (Lipinski definition) is 1. The maximum atomic E-state index is 3.71. The number of nitrogens with one attached hydrogen (secondary N) is 1. The van der Waals surface area contributed by atoms with Crippen molar-refractivity contribution in [1.29, 1.82) is 0 Å². The number of aromatic nitrogens is 1. The molecule has 2 heterocycles. The van der Waals surface area contributed by atoms with Crippen molar-refractivity contribution in [3.05, 3.63) is 72.3 Å². The van der Waals surface area contributed by atoms with E-state index in [0.717, 1.165) is 13.0 Å². The van der Waals surface area contributed by atoms with Gasteiger partial charge in [0.1, 0.15) is 0 Å². The Morgan fingerprint density at radius 3 is 2.44 bits per heavy atom. The summed E-state index contributed by atoms with van der Waals surface area (Å²) in [6.07, 6.45) is 5.20. The number of rotatable bonds is 4. The van der Waals surface area contributed by atoms with Gasteiger partial charge in [0, 0.05) is 23.1 Å². The molecule has 3 aromatic carbocycles. The fourth-order valence-electron chi connectivity index (χ4n) is 4.50. The molecular formula is C25H26N2. The number of para-hydroxylation sites is 1. The lowest BCUT2D eigenvalue weighted by Gasteiger charge is -2.26. The van der Waals surface area contributed by atoms with Crippen LogP contribution in [0.2, 0.25) is 0 Å². The third-order valence-electron chi connectivity index (χ3n) is 5.98. The highest BCUT2D eigenvalue weighted by Gasteiger charge is 2.16. The molecule has 0 radical (unpaired) electrons. The van der Waals surface area contributed by atoms with E-state index in [0.29, 0.717) is 0 Å². The largest absolute Gasteiger partial charge is 0.354 e. The lowest BCUT2D eigenvalue weighted by Crippen LogP contribution is -2.31. The van der Waals surface area contributed by atoms with Gasteiger partial charge in [-0.15, -0.1) is 0 Å². The topological polar surface area (TPSA) is 19.0 Å². The monoisotopic (exact) mass is 354 g/mol. The van der Waals surface area contributed by atoms with Crippen LogP contribution in [0.3, 0.4) is 0 Å². The van der Waals surface area contributed by atoms with Gasteiger partial charge in [0.2, 0.25) is 0 Å². The molecule has 136 valence electrons. The summed E-state index contributed by atoms with van der Waals surface area (Å²) in [5.41, 5.74) is 5.29. The smallest absolute Gasteiger partial charge is 0.0498 e. The summed E-state index contributed by atoms with van der Waals surface area (Å²) in [6.45, 7) is 3.67. The molecule has 1 fully saturated rings. The summed E-state index contributed by atoms with van der Waals surface area (Å²) in [6, 6.07) is 24.2. The van der Waals surface area contributed by atoms with Gasteiger partial charge in [-0.2, -0.15) is 0 Å². The zero-order valence-corrected chi connectivity index (χ0v) is 15.7. The molecule has 27 heavy (non-hydrogen) atoms. The van der Waals surface area contributed by atoms with Crippen LogP contribution in [-0.2, 0) is 6.42 Å². The number of hydrogen-bond acceptors (Lipinski definition) is 1. The maximum absolute atomic E-state index is 3.71. The summed E-state index contributed by atoms with van der Waals surface area (Å²) in [5, 5.41) is 3.97. The van der Waals surface area contributed by atoms with Gasteiger partial charge in [-0.3, -0.25) is 0 Å². The number of piperidine rings is 1. The van der Waals surface area contributed by atoms with Crippen molar-refractivity contribution >= 4 is 21.7 Å². The summed E-state index contributed by atoms with van der Waals surface area (Å²) in [5.74, 6) is 0. The average molecular weight is 354 g/mol. The maximum Gasteiger partial charge on any atom is 0.0498 e. The molecule has 1 aliphatic heterocycles. The second-order valence-electron chi connectivity index (χ2n) is 7.74. The standard InChI is InChI=1S/C25H26N2/c1-6-15-27(16-7-1)17-14-23-22-10-4-5-11-24(22)26-25(23)21-13-12-19-8-2-3-9-20(19)18-21/h2-5,8-13,18,26H,1,6-7,14-17H2. The van der Waals surface area contributed by atoms with Crippen molar-refractivity contribution in [3.8, 4) is 11.3 Å². The molecule has 2 nitrogen and oxygen atoms in total. The van der Waals surface area contributed by atoms with Crippen LogP contribution in [0.4, 0.5) is 0 Å². The van der Waals surface area contributed by atoms with E-state index in [1.807, 2.05) is 0 Å². The van der Waals surface area contributed by atoms with Crippen LogP contribution in [0.15, 0.2) is 66.7 Å². The molecule has 0 aliphatic carbocycles. The zero-order chi connectivity index (χ0) is 18.1. The number of H-pyrrole nitrogens is 1. The van der Waals surface area contributed by atoms with Crippen LogP contribution < -0.4 is 0 Å². The number of likely N-dealkylation sites (tertiary alicyclic amines) is 1. The first-order valence-corrected chi connectivity index (χ1v) is 10.2. The van der Waals surface area contributed by atoms with Crippen molar-refractivity contribution in [1.82, 2.24) is 9.88 Å². The Morgan fingerprint density at radius 1 is 0.778 bits per heavy atom. The lowest BCUT2D eigenvalue weighted by atomic mass is 9.99. The number of fused-ring (bicyclic) bond motifs is 2. The molecule has 0 atom stereocenters. The Kier molecular flexibility index (Phi) is 4.43. The second kappa shape index (κ2) is 7.21. The van der Waals surface area contributed by atoms with E-state index in [2.05, 4.69) is 76.6 Å². The van der Waals surface area contributed by atoms with Crippen molar-refractivity contribution in [2.24, 2.45) is 0 Å². The van der Waals surface area contributed by atoms with E-state index in [4.69, 9.17) is 0 Å². The molecule has 1 saturated heterocycles. The molecule has 0 bridgehead atoms. The number of nitrogens with zero attached hydrogens (tertiary/aromatic N) is 1. The quantitative estimate of drug-likeness (QED) is 0.475. The predicted octanol–water partition coefficient (Wildman–Crippen LogP) is 6.02. The summed E-state index contributed by atoms with van der Waals surface area (Å²) >= 11 is 0. The normalized spacial score (nSPS) is 15.6. The molecule has 0 unspecified atom stereocenters. The molecular weight excluding hydrogens is 328 g/mol. The minimum Gasteiger partial charge on any atom is -0.354 e. The molecule has 1 aromatic heterocycles. The number of benzene rings is 3. The minimum atomic E-state index is 1.10. The van der Waals surface area contributed by atoms with Gasteiger partial charge in [-0.05, 0) is 66.4 Å². The van der Waals surface area contributed by atoms with Gasteiger partial charge in [0.15, 0.2) is 0 Å². The summed E-state index contributed by atoms with van der Waals surface area (Å²) in [4.78, 5) is 6.35. The first kappa shape index (κ1) is 16.6. The first-order chi connectivity index (χ1) is 13.4. The van der Waals surface area contributed by atoms with E-state index in [-0.39, 0.29) is 0 Å². The second-order valence-corrected chi connectivity index (χ2v) is 7.74. The summed E-state index contributed by atoms with van der Waals surface area (Å²) < 4.78 is 0. The van der Waals surface area contributed by atoms with E-state index in [1.54, 1.807) is 0 Å². The molecule has 0 saturated carbocycles. The summed E-state index contributed by atoms with van der Waals surface area (Å²) in [7, 11) is 0. The molecule has 1 N–H and O–H groups in total. The number of aromatic amines is 1. The van der Waals surface area contributed by atoms with Gasteiger partial charge in [-0.25, -0.2) is 0 Å². The molecule has 2 heteroatoms. The highest BCUT2D eigenvalue weighted by molar-refractivity contribution is 5.93. The Balaban J connectivity index is 1.55. The minimum absolute atomic E-state index is 1.10. The van der Waals surface area contributed by atoms with Crippen LogP contribution in [-0.4, -0.2) is 29.5 Å². The van der Waals surface area contributed by atoms with Crippen LogP contribution >= 0.6 is 0 Å². The van der Waals surface area contributed by atoms with Gasteiger partial charge >= 0.3 is 0 Å². The third kappa shape index (κ3) is 3.26. The Labute approximate surface area is 160 Å². The van der Waals surface area contributed by atoms with Crippen molar-refractivity contribution in [3.63, 3.8) is 0 Å². The SMILES string of the molecule is c1ccc2cc(-c3[nH]c4ccccc4c3CCN3CCCCC3)ccc2c1. The van der Waals surface area contributed by atoms with Crippen molar-refractivity contribution in [2.75, 3.05) is 19.6 Å². The molecule has 5 rings (SSSR count). The van der Waals surface area contributed by atoms with Crippen LogP contribution in [0.5, 0.6) is 0 Å². The molecule has 4 aromatic rings. The van der Waals surface area contributed by atoms with E-state index >= 15 is 0 Å². The van der Waals surface area contributed by atoms with Gasteiger partial charge in [0.05, 0.1) is 0 Å². The fourth-order valence-corrected chi connectivity index (χ4v) is 4.50. The highest BCUT2D eigenvalue weighted by atomic mass is 15.1. The Bertz CT molecular complexity index is 1070. The van der Waals surface area contributed by atoms with Gasteiger partial charge in [-0.1, -0.05) is 61.0 Å². The van der Waals surface area contributed by atoms with Crippen LogP contribution in [0.1, 0.15) is 24.8 Å².